The van der Waals surface area contributed by atoms with E-state index in [1.54, 1.807) is 0 Å². The lowest BCUT2D eigenvalue weighted by molar-refractivity contribution is 0.380. The lowest BCUT2D eigenvalue weighted by Gasteiger charge is -2.32. The van der Waals surface area contributed by atoms with Crippen LogP contribution in [0.5, 0.6) is 0 Å². The van der Waals surface area contributed by atoms with Gasteiger partial charge in [-0.05, 0) is 25.0 Å². The van der Waals surface area contributed by atoms with Gasteiger partial charge >= 0.3 is 0 Å². The third-order valence-electron chi connectivity index (χ3n) is 5.40. The highest BCUT2D eigenvalue weighted by atomic mass is 16.5. The maximum atomic E-state index is 5.47. The van der Waals surface area contributed by atoms with E-state index in [-0.39, 0.29) is 0 Å². The van der Waals surface area contributed by atoms with Crippen molar-refractivity contribution in [3.05, 3.63) is 36.0 Å². The molecule has 1 saturated carbocycles. The summed E-state index contributed by atoms with van der Waals surface area (Å²) < 4.78 is 7.59. The average Bonchev–Trinajstić information content (AvgIpc) is 3.10. The fourth-order valence-corrected chi connectivity index (χ4v) is 3.96. The molecule has 27 heavy (non-hydrogen) atoms. The lowest BCUT2D eigenvalue weighted by atomic mass is 10.1. The van der Waals surface area contributed by atoms with Crippen LogP contribution in [-0.2, 0) is 0 Å². The van der Waals surface area contributed by atoms with Crippen LogP contribution in [0, 0.1) is 0 Å². The molecule has 1 aromatic carbocycles. The molecule has 1 aliphatic carbocycles. The standard InChI is InChI=1S/C19H19N7O/c1-24(2)12-4-3-5-13-14(12)17-20-8-9-25(17)19-15(21-10-26(13)19)16-22-18(27-23-16)11-6-7-11/h3-5,10-11H,6-9H2,1-2H3. The molecule has 0 bridgehead atoms. The SMILES string of the molecule is CN(C)c1cccc2c1C1=NCCN1c1c(-c3noc(C4CC4)n3)ncn1-2. The number of hydrogen-bond acceptors (Lipinski definition) is 7. The Kier molecular flexibility index (Phi) is 2.87. The Morgan fingerprint density at radius 1 is 1.22 bits per heavy atom. The zero-order chi connectivity index (χ0) is 18.1. The predicted octanol–water partition coefficient (Wildman–Crippen LogP) is 2.45. The fraction of sp³-hybridized carbons (Fsp3) is 0.368. The van der Waals surface area contributed by atoms with E-state index < -0.39 is 0 Å². The molecule has 1 fully saturated rings. The van der Waals surface area contributed by atoms with Crippen molar-refractivity contribution in [2.75, 3.05) is 37.0 Å². The Bertz CT molecular complexity index is 1090. The first-order valence-electron chi connectivity index (χ1n) is 9.27. The number of benzene rings is 1. The Balaban J connectivity index is 1.57. The van der Waals surface area contributed by atoms with Crippen molar-refractivity contribution in [3.8, 4) is 17.2 Å². The molecule has 0 amide bonds. The van der Waals surface area contributed by atoms with Crippen molar-refractivity contribution in [2.24, 2.45) is 4.99 Å². The minimum Gasteiger partial charge on any atom is -0.377 e. The quantitative estimate of drug-likeness (QED) is 0.713. The van der Waals surface area contributed by atoms with Crippen LogP contribution in [-0.4, -0.2) is 52.7 Å². The van der Waals surface area contributed by atoms with Gasteiger partial charge in [0.15, 0.2) is 11.5 Å². The van der Waals surface area contributed by atoms with E-state index in [2.05, 4.69) is 61.8 Å². The summed E-state index contributed by atoms with van der Waals surface area (Å²) in [5, 5.41) is 4.21. The predicted molar refractivity (Wildman–Crippen MR) is 102 cm³/mol. The van der Waals surface area contributed by atoms with E-state index in [4.69, 9.17) is 9.52 Å². The molecule has 0 atom stereocenters. The van der Waals surface area contributed by atoms with Gasteiger partial charge in [-0.1, -0.05) is 11.2 Å². The minimum atomic E-state index is 0.428. The van der Waals surface area contributed by atoms with Crippen LogP contribution in [0.25, 0.3) is 17.2 Å². The van der Waals surface area contributed by atoms with Crippen LogP contribution in [0.3, 0.4) is 0 Å². The van der Waals surface area contributed by atoms with E-state index in [0.717, 1.165) is 66.1 Å². The van der Waals surface area contributed by atoms with Crippen LogP contribution in [0.4, 0.5) is 11.5 Å². The van der Waals surface area contributed by atoms with Crippen molar-refractivity contribution in [2.45, 2.75) is 18.8 Å². The monoisotopic (exact) mass is 361 g/mol. The summed E-state index contributed by atoms with van der Waals surface area (Å²) >= 11 is 0. The van der Waals surface area contributed by atoms with Crippen molar-refractivity contribution < 1.29 is 4.52 Å². The molecule has 0 saturated heterocycles. The molecule has 2 aliphatic heterocycles. The Morgan fingerprint density at radius 2 is 2.11 bits per heavy atom. The summed E-state index contributed by atoms with van der Waals surface area (Å²) in [5.41, 5.74) is 4.12. The fourth-order valence-electron chi connectivity index (χ4n) is 3.96. The van der Waals surface area contributed by atoms with Crippen LogP contribution < -0.4 is 9.80 Å². The van der Waals surface area contributed by atoms with Gasteiger partial charge in [0.1, 0.15) is 12.2 Å². The second-order valence-electron chi connectivity index (χ2n) is 7.44. The highest BCUT2D eigenvalue weighted by molar-refractivity contribution is 6.19. The van der Waals surface area contributed by atoms with Crippen LogP contribution in [0.15, 0.2) is 34.0 Å². The molecule has 8 heteroatoms. The van der Waals surface area contributed by atoms with Gasteiger partial charge in [0.2, 0.25) is 11.7 Å². The van der Waals surface area contributed by atoms with E-state index in [0.29, 0.717) is 11.7 Å². The molecule has 0 unspecified atom stereocenters. The molecule has 136 valence electrons. The molecule has 3 aliphatic rings. The van der Waals surface area contributed by atoms with Crippen LogP contribution in [0.2, 0.25) is 0 Å². The summed E-state index contributed by atoms with van der Waals surface area (Å²) in [6.07, 6.45) is 4.12. The topological polar surface area (TPSA) is 75.6 Å². The van der Waals surface area contributed by atoms with E-state index in [1.165, 1.54) is 0 Å². The number of amidine groups is 1. The highest BCUT2D eigenvalue weighted by Gasteiger charge is 2.37. The zero-order valence-electron chi connectivity index (χ0n) is 15.3. The maximum Gasteiger partial charge on any atom is 0.230 e. The number of nitrogens with zero attached hydrogens (tertiary/aromatic N) is 7. The molecule has 3 aromatic rings. The lowest BCUT2D eigenvalue weighted by Crippen LogP contribution is -2.36. The van der Waals surface area contributed by atoms with Gasteiger partial charge < -0.3 is 14.3 Å². The van der Waals surface area contributed by atoms with Gasteiger partial charge in [0.25, 0.3) is 0 Å². The largest absolute Gasteiger partial charge is 0.377 e. The Morgan fingerprint density at radius 3 is 2.93 bits per heavy atom. The number of hydrogen-bond donors (Lipinski definition) is 0. The van der Waals surface area contributed by atoms with E-state index in [9.17, 15) is 0 Å². The van der Waals surface area contributed by atoms with Crippen molar-refractivity contribution in [1.82, 2.24) is 19.7 Å². The normalized spacial score (nSPS) is 17.4. The Hall–Kier alpha value is -3.16. The second kappa shape index (κ2) is 5.18. The third kappa shape index (κ3) is 2.03. The van der Waals surface area contributed by atoms with Crippen molar-refractivity contribution >= 4 is 17.3 Å². The molecular weight excluding hydrogens is 342 g/mol. The second-order valence-corrected chi connectivity index (χ2v) is 7.44. The molecule has 0 spiro atoms. The first kappa shape index (κ1) is 15.0. The maximum absolute atomic E-state index is 5.47. The molecule has 2 aromatic heterocycles. The molecule has 8 nitrogen and oxygen atoms in total. The number of aromatic nitrogens is 4. The number of rotatable bonds is 3. The van der Waals surface area contributed by atoms with Gasteiger partial charge in [-0.15, -0.1) is 0 Å². The Labute approximate surface area is 156 Å². The highest BCUT2D eigenvalue weighted by Crippen LogP contribution is 2.43. The van der Waals surface area contributed by atoms with Gasteiger partial charge in [-0.2, -0.15) is 4.98 Å². The van der Waals surface area contributed by atoms with Crippen LogP contribution >= 0.6 is 0 Å². The van der Waals surface area contributed by atoms with Gasteiger partial charge in [-0.25, -0.2) is 4.98 Å². The first-order valence-corrected chi connectivity index (χ1v) is 9.27. The number of anilines is 2. The molecule has 6 rings (SSSR count). The number of fused-ring (bicyclic) bond motifs is 6. The summed E-state index contributed by atoms with van der Waals surface area (Å²) in [4.78, 5) is 18.4. The number of aliphatic imine (C=N–C) groups is 1. The summed E-state index contributed by atoms with van der Waals surface area (Å²) in [5.74, 6) is 3.68. The van der Waals surface area contributed by atoms with Gasteiger partial charge in [0.05, 0.1) is 17.8 Å². The molecule has 0 radical (unpaired) electrons. The van der Waals surface area contributed by atoms with E-state index >= 15 is 0 Å². The average molecular weight is 361 g/mol. The minimum absolute atomic E-state index is 0.428. The van der Waals surface area contributed by atoms with Crippen molar-refractivity contribution in [1.29, 1.82) is 0 Å². The zero-order valence-corrected chi connectivity index (χ0v) is 15.3. The van der Waals surface area contributed by atoms with Gasteiger partial charge in [0, 0.05) is 32.2 Å². The molecule has 4 heterocycles. The molecule has 0 N–H and O–H groups in total. The van der Waals surface area contributed by atoms with Crippen LogP contribution in [0.1, 0.15) is 30.2 Å². The van der Waals surface area contributed by atoms with Crippen molar-refractivity contribution in [3.63, 3.8) is 0 Å². The third-order valence-corrected chi connectivity index (χ3v) is 5.40. The number of imidazole rings is 1. The summed E-state index contributed by atoms with van der Waals surface area (Å²) in [6.45, 7) is 1.59. The first-order chi connectivity index (χ1) is 13.2. The van der Waals surface area contributed by atoms with E-state index in [1.807, 2.05) is 6.33 Å². The molecular formula is C19H19N7O. The van der Waals surface area contributed by atoms with Gasteiger partial charge in [-0.3, -0.25) is 9.56 Å². The smallest absolute Gasteiger partial charge is 0.230 e. The summed E-state index contributed by atoms with van der Waals surface area (Å²) in [7, 11) is 4.12. The summed E-state index contributed by atoms with van der Waals surface area (Å²) in [6, 6.07) is 6.31.